The van der Waals surface area contributed by atoms with E-state index in [1.807, 2.05) is 13.8 Å². The summed E-state index contributed by atoms with van der Waals surface area (Å²) >= 11 is 0. The first-order valence-electron chi connectivity index (χ1n) is 6.53. The van der Waals surface area contributed by atoms with Gasteiger partial charge in [-0.3, -0.25) is 0 Å². The highest BCUT2D eigenvalue weighted by Gasteiger charge is 2.32. The molecule has 0 aliphatic carbocycles. The maximum Gasteiger partial charge on any atom is 0.419 e. The van der Waals surface area contributed by atoms with E-state index in [1.165, 1.54) is 12.3 Å². The van der Waals surface area contributed by atoms with Crippen LogP contribution in [0.3, 0.4) is 0 Å². The van der Waals surface area contributed by atoms with Gasteiger partial charge in [0.05, 0.1) is 17.9 Å². The third kappa shape index (κ3) is 3.81. The first-order valence-corrected chi connectivity index (χ1v) is 6.53. The maximum atomic E-state index is 12.5. The van der Waals surface area contributed by atoms with Gasteiger partial charge in [0.15, 0.2) is 5.82 Å². The quantitative estimate of drug-likeness (QED) is 0.941. The number of rotatable bonds is 4. The van der Waals surface area contributed by atoms with Gasteiger partial charge >= 0.3 is 6.18 Å². The molecule has 0 bridgehead atoms. The first kappa shape index (κ1) is 15.5. The molecule has 1 N–H and O–H groups in total. The summed E-state index contributed by atoms with van der Waals surface area (Å²) < 4.78 is 38.6. The standard InChI is InChI=1S/C14H16F3N3O/c1-9(2)5-12(21)10-3-4-13(18-6-10)20-8-11(7-19-20)14(15,16)17/h3-4,6-9,12,21H,5H2,1-2H3/t12-/m1/s1. The van der Waals surface area contributed by atoms with E-state index in [1.54, 1.807) is 6.07 Å². The van der Waals surface area contributed by atoms with Crippen LogP contribution in [0.4, 0.5) is 13.2 Å². The predicted octanol–water partition coefficient (Wildman–Crippen LogP) is 3.37. The lowest BCUT2D eigenvalue weighted by molar-refractivity contribution is -0.137. The number of nitrogens with zero attached hydrogens (tertiary/aromatic N) is 3. The van der Waals surface area contributed by atoms with Gasteiger partial charge in [-0.15, -0.1) is 0 Å². The molecule has 2 aromatic rings. The van der Waals surface area contributed by atoms with Crippen molar-refractivity contribution in [3.05, 3.63) is 41.9 Å². The largest absolute Gasteiger partial charge is 0.419 e. The molecule has 21 heavy (non-hydrogen) atoms. The van der Waals surface area contributed by atoms with Gasteiger partial charge in [0, 0.05) is 12.4 Å². The Hall–Kier alpha value is -1.89. The van der Waals surface area contributed by atoms with Crippen LogP contribution in [0.1, 0.15) is 37.5 Å². The van der Waals surface area contributed by atoms with Crippen molar-refractivity contribution >= 4 is 0 Å². The second kappa shape index (κ2) is 5.85. The Morgan fingerprint density at radius 2 is 1.95 bits per heavy atom. The van der Waals surface area contributed by atoms with E-state index in [9.17, 15) is 18.3 Å². The molecule has 0 unspecified atom stereocenters. The average Bonchev–Trinajstić information content (AvgIpc) is 2.87. The van der Waals surface area contributed by atoms with Crippen LogP contribution in [0, 0.1) is 5.92 Å². The molecule has 2 aromatic heterocycles. The zero-order chi connectivity index (χ0) is 15.6. The number of aromatic nitrogens is 3. The maximum absolute atomic E-state index is 12.5. The number of halogens is 3. The summed E-state index contributed by atoms with van der Waals surface area (Å²) in [4.78, 5) is 4.05. The molecular formula is C14H16F3N3O. The molecule has 114 valence electrons. The summed E-state index contributed by atoms with van der Waals surface area (Å²) in [6.45, 7) is 3.99. The third-order valence-corrected chi connectivity index (χ3v) is 2.99. The number of pyridine rings is 1. The van der Waals surface area contributed by atoms with E-state index in [0.717, 1.165) is 17.1 Å². The average molecular weight is 299 g/mol. The highest BCUT2D eigenvalue weighted by Crippen LogP contribution is 2.29. The Balaban J connectivity index is 2.17. The number of hydrogen-bond donors (Lipinski definition) is 1. The van der Waals surface area contributed by atoms with Gasteiger partial charge in [0.1, 0.15) is 0 Å². The predicted molar refractivity (Wildman–Crippen MR) is 70.8 cm³/mol. The molecular weight excluding hydrogens is 283 g/mol. The van der Waals surface area contributed by atoms with Crippen LogP contribution >= 0.6 is 0 Å². The van der Waals surface area contributed by atoms with Gasteiger partial charge in [-0.05, 0) is 24.0 Å². The molecule has 1 atom stereocenters. The van der Waals surface area contributed by atoms with Crippen LogP contribution in [0.25, 0.3) is 5.82 Å². The number of alkyl halides is 3. The van der Waals surface area contributed by atoms with Gasteiger partial charge < -0.3 is 5.11 Å². The van der Waals surface area contributed by atoms with E-state index in [-0.39, 0.29) is 5.82 Å². The minimum atomic E-state index is -4.42. The molecule has 2 rings (SSSR count). The van der Waals surface area contributed by atoms with Crippen molar-refractivity contribution in [3.63, 3.8) is 0 Å². The van der Waals surface area contributed by atoms with Crippen molar-refractivity contribution in [2.75, 3.05) is 0 Å². The van der Waals surface area contributed by atoms with Crippen molar-refractivity contribution in [2.24, 2.45) is 5.92 Å². The number of aliphatic hydroxyl groups is 1. The summed E-state index contributed by atoms with van der Waals surface area (Å²) in [6.07, 6.45) is -1.37. The molecule has 4 nitrogen and oxygen atoms in total. The lowest BCUT2D eigenvalue weighted by Crippen LogP contribution is -2.05. The van der Waals surface area contributed by atoms with Crippen molar-refractivity contribution < 1.29 is 18.3 Å². The van der Waals surface area contributed by atoms with Gasteiger partial charge in [-0.25, -0.2) is 9.67 Å². The fraction of sp³-hybridized carbons (Fsp3) is 0.429. The lowest BCUT2D eigenvalue weighted by Gasteiger charge is -2.13. The molecule has 0 aliphatic rings. The SMILES string of the molecule is CC(C)C[C@@H](O)c1ccc(-n2cc(C(F)(F)F)cn2)nc1. The first-order chi connectivity index (χ1) is 9.77. The van der Waals surface area contributed by atoms with Crippen LogP contribution in [-0.2, 0) is 6.18 Å². The summed E-state index contributed by atoms with van der Waals surface area (Å²) in [5, 5.41) is 13.6. The van der Waals surface area contributed by atoms with Crippen LogP contribution in [-0.4, -0.2) is 19.9 Å². The molecule has 0 saturated heterocycles. The van der Waals surface area contributed by atoms with Crippen molar-refractivity contribution in [3.8, 4) is 5.82 Å². The Morgan fingerprint density at radius 1 is 1.24 bits per heavy atom. The van der Waals surface area contributed by atoms with Crippen molar-refractivity contribution in [1.82, 2.24) is 14.8 Å². The number of aliphatic hydroxyl groups excluding tert-OH is 1. The van der Waals surface area contributed by atoms with Crippen LogP contribution in [0.5, 0.6) is 0 Å². The number of hydrogen-bond acceptors (Lipinski definition) is 3. The summed E-state index contributed by atoms with van der Waals surface area (Å²) in [5.74, 6) is 0.603. The Bertz CT molecular complexity index is 590. The Labute approximate surface area is 120 Å². The monoisotopic (exact) mass is 299 g/mol. The Morgan fingerprint density at radius 3 is 2.43 bits per heavy atom. The van der Waals surface area contributed by atoms with E-state index >= 15 is 0 Å². The second-order valence-electron chi connectivity index (χ2n) is 5.27. The third-order valence-electron chi connectivity index (χ3n) is 2.99. The topological polar surface area (TPSA) is 50.9 Å². The van der Waals surface area contributed by atoms with E-state index in [2.05, 4.69) is 10.1 Å². The van der Waals surface area contributed by atoms with Crippen molar-refractivity contribution in [2.45, 2.75) is 32.5 Å². The minimum absolute atomic E-state index is 0.269. The molecule has 0 fully saturated rings. The van der Waals surface area contributed by atoms with Gasteiger partial charge in [0.25, 0.3) is 0 Å². The molecule has 0 radical (unpaired) electrons. The van der Waals surface area contributed by atoms with E-state index in [0.29, 0.717) is 17.9 Å². The molecule has 0 amide bonds. The highest BCUT2D eigenvalue weighted by molar-refractivity contribution is 5.27. The normalized spacial score (nSPS) is 13.7. The van der Waals surface area contributed by atoms with E-state index < -0.39 is 17.8 Å². The van der Waals surface area contributed by atoms with Crippen LogP contribution in [0.2, 0.25) is 0 Å². The molecule has 0 spiro atoms. The van der Waals surface area contributed by atoms with Crippen molar-refractivity contribution in [1.29, 1.82) is 0 Å². The summed E-state index contributed by atoms with van der Waals surface area (Å²) in [5.41, 5.74) is -0.191. The van der Waals surface area contributed by atoms with Gasteiger partial charge in [-0.2, -0.15) is 18.3 Å². The minimum Gasteiger partial charge on any atom is -0.388 e. The molecule has 7 heteroatoms. The van der Waals surface area contributed by atoms with Gasteiger partial charge in [-0.1, -0.05) is 19.9 Å². The van der Waals surface area contributed by atoms with E-state index in [4.69, 9.17) is 0 Å². The smallest absolute Gasteiger partial charge is 0.388 e. The molecule has 0 aliphatic heterocycles. The molecule has 2 heterocycles. The van der Waals surface area contributed by atoms with Crippen LogP contribution in [0.15, 0.2) is 30.7 Å². The lowest BCUT2D eigenvalue weighted by atomic mass is 10.0. The zero-order valence-corrected chi connectivity index (χ0v) is 11.7. The summed E-state index contributed by atoms with van der Waals surface area (Å²) in [6, 6.07) is 3.18. The fourth-order valence-corrected chi connectivity index (χ4v) is 1.91. The van der Waals surface area contributed by atoms with Gasteiger partial charge in [0.2, 0.25) is 0 Å². The van der Waals surface area contributed by atoms with Crippen LogP contribution < -0.4 is 0 Å². The molecule has 0 aromatic carbocycles. The Kier molecular flexibility index (Phi) is 4.32. The molecule has 0 saturated carbocycles. The second-order valence-corrected chi connectivity index (χ2v) is 5.27. The highest BCUT2D eigenvalue weighted by atomic mass is 19.4. The zero-order valence-electron chi connectivity index (χ0n) is 11.7. The fourth-order valence-electron chi connectivity index (χ4n) is 1.91. The summed E-state index contributed by atoms with van der Waals surface area (Å²) in [7, 11) is 0.